The lowest BCUT2D eigenvalue weighted by Crippen LogP contribution is -2.44. The zero-order valence-corrected chi connectivity index (χ0v) is 12.6. The molecule has 11 heteroatoms. The molecule has 1 amide bonds. The van der Waals surface area contributed by atoms with E-state index in [1.54, 1.807) is 13.8 Å². The van der Waals surface area contributed by atoms with Gasteiger partial charge in [0, 0.05) is 6.92 Å². The van der Waals surface area contributed by atoms with Gasteiger partial charge in [-0.1, -0.05) is 25.2 Å². The maximum Gasteiger partial charge on any atom is 0.322 e. The van der Waals surface area contributed by atoms with Crippen LogP contribution in [0.4, 0.5) is 5.13 Å². The van der Waals surface area contributed by atoms with Crippen LogP contribution in [0.25, 0.3) is 0 Å². The third-order valence-electron chi connectivity index (χ3n) is 2.13. The number of rotatable bonds is 6. The van der Waals surface area contributed by atoms with Gasteiger partial charge in [0.1, 0.15) is 6.04 Å². The molecule has 0 spiro atoms. The number of nitrogens with zero attached hydrogens (tertiary/aromatic N) is 2. The van der Waals surface area contributed by atoms with E-state index >= 15 is 0 Å². The first kappa shape index (κ1) is 16.5. The average Bonchev–Trinajstić information content (AvgIpc) is 2.73. The SMILES string of the molecule is CC(=O)Nc1nnc(S(=O)(=O)N[C@H](C(=O)O)C(C)C)s1. The van der Waals surface area contributed by atoms with E-state index in [-0.39, 0.29) is 5.13 Å². The predicted octanol–water partition coefficient (Wildman–Crippen LogP) is -0.116. The van der Waals surface area contributed by atoms with E-state index < -0.39 is 38.2 Å². The summed E-state index contributed by atoms with van der Waals surface area (Å²) >= 11 is 0.636. The zero-order chi connectivity index (χ0) is 15.5. The van der Waals surface area contributed by atoms with Gasteiger partial charge in [-0.15, -0.1) is 10.2 Å². The zero-order valence-electron chi connectivity index (χ0n) is 10.9. The molecular weight excluding hydrogens is 308 g/mol. The first-order chi connectivity index (χ1) is 9.13. The summed E-state index contributed by atoms with van der Waals surface area (Å²) < 4.78 is 25.6. The molecule has 1 atom stereocenters. The van der Waals surface area contributed by atoms with Gasteiger partial charge in [0.2, 0.25) is 15.4 Å². The molecule has 0 radical (unpaired) electrons. The minimum Gasteiger partial charge on any atom is -0.480 e. The van der Waals surface area contributed by atoms with Crippen molar-refractivity contribution < 1.29 is 23.1 Å². The molecule has 0 aliphatic carbocycles. The van der Waals surface area contributed by atoms with Crippen LogP contribution in [-0.4, -0.2) is 41.6 Å². The number of carbonyl (C=O) groups is 2. The molecule has 0 aliphatic heterocycles. The van der Waals surface area contributed by atoms with Crippen molar-refractivity contribution in [1.82, 2.24) is 14.9 Å². The summed E-state index contributed by atoms with van der Waals surface area (Å²) in [7, 11) is -4.10. The number of hydrogen-bond donors (Lipinski definition) is 3. The fourth-order valence-corrected chi connectivity index (χ4v) is 3.51. The smallest absolute Gasteiger partial charge is 0.322 e. The number of sulfonamides is 1. The standard InChI is InChI=1S/C9H14N4O5S2/c1-4(2)6(7(15)16)13-20(17,18)9-12-11-8(19-9)10-5(3)14/h4,6,13H,1-3H3,(H,15,16)(H,10,11,14)/t6-/m0/s1. The number of nitrogens with one attached hydrogen (secondary N) is 2. The molecule has 1 aromatic heterocycles. The lowest BCUT2D eigenvalue weighted by atomic mass is 10.1. The minimum absolute atomic E-state index is 0.0225. The third-order valence-corrected chi connectivity index (χ3v) is 4.78. The summed E-state index contributed by atoms with van der Waals surface area (Å²) in [5.41, 5.74) is 0. The second-order valence-electron chi connectivity index (χ2n) is 4.24. The van der Waals surface area contributed by atoms with Gasteiger partial charge in [0.25, 0.3) is 10.0 Å². The van der Waals surface area contributed by atoms with Gasteiger partial charge in [-0.3, -0.25) is 9.59 Å². The van der Waals surface area contributed by atoms with Crippen LogP contribution < -0.4 is 10.0 Å². The number of hydrogen-bond acceptors (Lipinski definition) is 7. The fraction of sp³-hybridized carbons (Fsp3) is 0.556. The quantitative estimate of drug-likeness (QED) is 0.621. The topological polar surface area (TPSA) is 138 Å². The second-order valence-corrected chi connectivity index (χ2v) is 7.10. The van der Waals surface area contributed by atoms with Crippen LogP contribution in [0.15, 0.2) is 4.34 Å². The van der Waals surface area contributed by atoms with Crippen LogP contribution in [0.5, 0.6) is 0 Å². The summed E-state index contributed by atoms with van der Waals surface area (Å²) in [5.74, 6) is -2.14. The highest BCUT2D eigenvalue weighted by atomic mass is 32.2. The Balaban J connectivity index is 2.96. The van der Waals surface area contributed by atoms with Crippen molar-refractivity contribution in [3.8, 4) is 0 Å². The Morgan fingerprint density at radius 1 is 1.30 bits per heavy atom. The average molecular weight is 322 g/mol. The van der Waals surface area contributed by atoms with E-state index in [4.69, 9.17) is 5.11 Å². The van der Waals surface area contributed by atoms with Crippen molar-refractivity contribution >= 4 is 38.4 Å². The van der Waals surface area contributed by atoms with E-state index in [1.165, 1.54) is 6.92 Å². The number of amides is 1. The van der Waals surface area contributed by atoms with Crippen LogP contribution in [0, 0.1) is 5.92 Å². The Morgan fingerprint density at radius 3 is 2.35 bits per heavy atom. The molecule has 0 saturated carbocycles. The number of carboxylic acids is 1. The van der Waals surface area contributed by atoms with E-state index in [1.807, 2.05) is 4.72 Å². The Bertz CT molecular complexity index is 610. The normalized spacial score (nSPS) is 13.2. The Hall–Kier alpha value is -1.59. The first-order valence-electron chi connectivity index (χ1n) is 5.49. The van der Waals surface area contributed by atoms with Crippen molar-refractivity contribution in [3.63, 3.8) is 0 Å². The highest BCUT2D eigenvalue weighted by Gasteiger charge is 2.30. The van der Waals surface area contributed by atoms with Crippen molar-refractivity contribution in [1.29, 1.82) is 0 Å². The summed E-state index contributed by atoms with van der Waals surface area (Å²) in [6.45, 7) is 4.39. The van der Waals surface area contributed by atoms with Crippen LogP contribution >= 0.6 is 11.3 Å². The molecule has 0 saturated heterocycles. The molecule has 20 heavy (non-hydrogen) atoms. The molecule has 0 unspecified atom stereocenters. The lowest BCUT2D eigenvalue weighted by molar-refractivity contribution is -0.140. The van der Waals surface area contributed by atoms with Crippen LogP contribution in [0.2, 0.25) is 0 Å². The predicted molar refractivity (Wildman–Crippen MR) is 70.8 cm³/mol. The molecule has 0 aromatic carbocycles. The van der Waals surface area contributed by atoms with Gasteiger partial charge < -0.3 is 10.4 Å². The largest absolute Gasteiger partial charge is 0.480 e. The van der Waals surface area contributed by atoms with Crippen molar-refractivity contribution in [2.24, 2.45) is 5.92 Å². The van der Waals surface area contributed by atoms with Gasteiger partial charge in [-0.2, -0.15) is 4.72 Å². The van der Waals surface area contributed by atoms with E-state index in [9.17, 15) is 18.0 Å². The monoisotopic (exact) mass is 322 g/mol. The van der Waals surface area contributed by atoms with Gasteiger partial charge in [0.05, 0.1) is 0 Å². The van der Waals surface area contributed by atoms with E-state index in [0.29, 0.717) is 11.3 Å². The Morgan fingerprint density at radius 2 is 1.90 bits per heavy atom. The summed E-state index contributed by atoms with van der Waals surface area (Å²) in [6.07, 6.45) is 0. The fourth-order valence-electron chi connectivity index (χ4n) is 1.21. The maximum absolute atomic E-state index is 12.0. The Labute approximate surface area is 119 Å². The van der Waals surface area contributed by atoms with Crippen LogP contribution in [-0.2, 0) is 19.6 Å². The summed E-state index contributed by atoms with van der Waals surface area (Å²) in [4.78, 5) is 21.8. The highest BCUT2D eigenvalue weighted by molar-refractivity contribution is 7.91. The second kappa shape index (κ2) is 6.24. The molecular formula is C9H14N4O5S2. The molecule has 3 N–H and O–H groups in total. The molecule has 0 fully saturated rings. The van der Waals surface area contributed by atoms with Gasteiger partial charge in [-0.05, 0) is 5.92 Å². The molecule has 112 valence electrons. The van der Waals surface area contributed by atoms with Gasteiger partial charge in [-0.25, -0.2) is 8.42 Å². The van der Waals surface area contributed by atoms with E-state index in [2.05, 4.69) is 15.5 Å². The van der Waals surface area contributed by atoms with Gasteiger partial charge >= 0.3 is 5.97 Å². The van der Waals surface area contributed by atoms with Crippen molar-refractivity contribution in [2.75, 3.05) is 5.32 Å². The number of aromatic nitrogens is 2. The molecule has 1 rings (SSSR count). The lowest BCUT2D eigenvalue weighted by Gasteiger charge is -2.16. The molecule has 9 nitrogen and oxygen atoms in total. The molecule has 1 aromatic rings. The van der Waals surface area contributed by atoms with Crippen LogP contribution in [0.1, 0.15) is 20.8 Å². The Kier molecular flexibility index (Phi) is 5.14. The molecule has 0 bridgehead atoms. The van der Waals surface area contributed by atoms with Crippen molar-refractivity contribution in [2.45, 2.75) is 31.2 Å². The number of carboxylic acid groups (broad SMARTS) is 1. The molecule has 0 aliphatic rings. The summed E-state index contributed by atoms with van der Waals surface area (Å²) in [6, 6.07) is -1.27. The van der Waals surface area contributed by atoms with Gasteiger partial charge in [0.15, 0.2) is 0 Å². The van der Waals surface area contributed by atoms with E-state index in [0.717, 1.165) is 0 Å². The first-order valence-corrected chi connectivity index (χ1v) is 7.79. The number of aliphatic carboxylic acids is 1. The number of carbonyl (C=O) groups excluding carboxylic acids is 1. The number of anilines is 1. The summed E-state index contributed by atoms with van der Waals surface area (Å²) in [5, 5.41) is 18.2. The third kappa shape index (κ3) is 4.21. The minimum atomic E-state index is -4.10. The maximum atomic E-state index is 12.0. The van der Waals surface area contributed by atoms with Crippen LogP contribution in [0.3, 0.4) is 0 Å². The van der Waals surface area contributed by atoms with Crippen molar-refractivity contribution in [3.05, 3.63) is 0 Å². The highest BCUT2D eigenvalue weighted by Crippen LogP contribution is 2.20. The molecule has 1 heterocycles.